The SMILES string of the molecule is CC(C)Cc1nnc(NC(=O)COc2cc(Cl)ccc2Cl)s1. The topological polar surface area (TPSA) is 64.1 Å². The molecule has 0 saturated heterocycles. The highest BCUT2D eigenvalue weighted by atomic mass is 35.5. The average molecular weight is 360 g/mol. The predicted octanol–water partition coefficient (Wildman–Crippen LogP) is 4.06. The van der Waals surface area contributed by atoms with E-state index in [9.17, 15) is 4.79 Å². The summed E-state index contributed by atoms with van der Waals surface area (Å²) >= 11 is 13.2. The Bertz CT molecular complexity index is 661. The van der Waals surface area contributed by atoms with Crippen LogP contribution in [0, 0.1) is 5.92 Å². The van der Waals surface area contributed by atoms with E-state index in [4.69, 9.17) is 27.9 Å². The van der Waals surface area contributed by atoms with Crippen molar-refractivity contribution in [2.24, 2.45) is 5.92 Å². The molecule has 8 heteroatoms. The van der Waals surface area contributed by atoms with Gasteiger partial charge in [-0.05, 0) is 18.1 Å². The Hall–Kier alpha value is -1.37. The molecule has 22 heavy (non-hydrogen) atoms. The van der Waals surface area contributed by atoms with Gasteiger partial charge in [-0.2, -0.15) is 0 Å². The molecule has 0 saturated carbocycles. The molecule has 1 N–H and O–H groups in total. The number of anilines is 1. The number of carbonyl (C=O) groups is 1. The molecular formula is C14H15Cl2N3O2S. The number of nitrogens with one attached hydrogen (secondary N) is 1. The number of nitrogens with zero attached hydrogens (tertiary/aromatic N) is 2. The zero-order chi connectivity index (χ0) is 16.1. The average Bonchev–Trinajstić information content (AvgIpc) is 2.86. The Balaban J connectivity index is 1.87. The minimum Gasteiger partial charge on any atom is -0.482 e. The van der Waals surface area contributed by atoms with Crippen LogP contribution in [0.1, 0.15) is 18.9 Å². The van der Waals surface area contributed by atoms with E-state index in [1.165, 1.54) is 11.3 Å². The molecule has 1 heterocycles. The van der Waals surface area contributed by atoms with Crippen LogP contribution in [0.25, 0.3) is 0 Å². The van der Waals surface area contributed by atoms with Crippen molar-refractivity contribution in [3.63, 3.8) is 0 Å². The largest absolute Gasteiger partial charge is 0.482 e. The molecule has 0 aliphatic carbocycles. The van der Waals surface area contributed by atoms with Crippen molar-refractivity contribution in [2.75, 3.05) is 11.9 Å². The maximum atomic E-state index is 11.8. The number of halogens is 2. The number of amides is 1. The van der Waals surface area contributed by atoms with Crippen LogP contribution < -0.4 is 10.1 Å². The van der Waals surface area contributed by atoms with Gasteiger partial charge in [0.1, 0.15) is 10.8 Å². The summed E-state index contributed by atoms with van der Waals surface area (Å²) in [6, 6.07) is 4.82. The van der Waals surface area contributed by atoms with Crippen LogP contribution in [0.5, 0.6) is 5.75 Å². The first-order valence-corrected chi connectivity index (χ1v) is 8.21. The molecule has 0 radical (unpaired) electrons. The van der Waals surface area contributed by atoms with Crippen molar-refractivity contribution < 1.29 is 9.53 Å². The quantitative estimate of drug-likeness (QED) is 0.844. The van der Waals surface area contributed by atoms with Crippen LogP contribution in [-0.4, -0.2) is 22.7 Å². The highest BCUT2D eigenvalue weighted by Crippen LogP contribution is 2.27. The molecule has 0 aliphatic rings. The van der Waals surface area contributed by atoms with Crippen molar-refractivity contribution in [2.45, 2.75) is 20.3 Å². The Kier molecular flexibility index (Phi) is 5.99. The molecule has 0 unspecified atom stereocenters. The molecule has 0 bridgehead atoms. The Labute approximate surface area is 142 Å². The van der Waals surface area contributed by atoms with Crippen LogP contribution in [0.3, 0.4) is 0 Å². The first-order valence-electron chi connectivity index (χ1n) is 6.64. The third-order valence-electron chi connectivity index (χ3n) is 2.55. The summed E-state index contributed by atoms with van der Waals surface area (Å²) < 4.78 is 5.35. The zero-order valence-corrected chi connectivity index (χ0v) is 14.4. The molecule has 0 spiro atoms. The number of aromatic nitrogens is 2. The maximum Gasteiger partial charge on any atom is 0.264 e. The zero-order valence-electron chi connectivity index (χ0n) is 12.1. The number of hydrogen-bond donors (Lipinski definition) is 1. The van der Waals surface area contributed by atoms with E-state index < -0.39 is 0 Å². The second-order valence-corrected chi connectivity index (χ2v) is 6.92. The van der Waals surface area contributed by atoms with E-state index in [1.807, 2.05) is 0 Å². The third kappa shape index (κ3) is 5.12. The van der Waals surface area contributed by atoms with Gasteiger partial charge in [0.2, 0.25) is 5.13 Å². The fraction of sp³-hybridized carbons (Fsp3) is 0.357. The van der Waals surface area contributed by atoms with Gasteiger partial charge in [0.15, 0.2) is 6.61 Å². The van der Waals surface area contributed by atoms with Crippen molar-refractivity contribution in [1.29, 1.82) is 0 Å². The first kappa shape index (κ1) is 17.0. The van der Waals surface area contributed by atoms with Gasteiger partial charge in [0, 0.05) is 17.5 Å². The van der Waals surface area contributed by atoms with Crippen LogP contribution >= 0.6 is 34.5 Å². The lowest BCUT2D eigenvalue weighted by Crippen LogP contribution is -2.20. The van der Waals surface area contributed by atoms with Gasteiger partial charge >= 0.3 is 0 Å². The fourth-order valence-electron chi connectivity index (χ4n) is 1.62. The van der Waals surface area contributed by atoms with Crippen molar-refractivity contribution in [3.8, 4) is 5.75 Å². The van der Waals surface area contributed by atoms with Crippen molar-refractivity contribution >= 4 is 45.6 Å². The molecule has 2 rings (SSSR count). The van der Waals surface area contributed by atoms with Gasteiger partial charge in [-0.3, -0.25) is 10.1 Å². The summed E-state index contributed by atoms with van der Waals surface area (Å²) in [6.45, 7) is 4.02. The van der Waals surface area contributed by atoms with Crippen LogP contribution in [0.4, 0.5) is 5.13 Å². The molecule has 2 aromatic rings. The summed E-state index contributed by atoms with van der Waals surface area (Å²) in [7, 11) is 0. The highest BCUT2D eigenvalue weighted by Gasteiger charge is 2.11. The lowest BCUT2D eigenvalue weighted by atomic mass is 10.1. The molecule has 0 aliphatic heterocycles. The molecule has 1 aromatic carbocycles. The van der Waals surface area contributed by atoms with Gasteiger partial charge in [-0.1, -0.05) is 48.4 Å². The standard InChI is InChI=1S/C14H15Cl2N3O2S/c1-8(2)5-13-18-19-14(22-13)17-12(20)7-21-11-6-9(15)3-4-10(11)16/h3-4,6,8H,5,7H2,1-2H3,(H,17,19,20). The van der Waals surface area contributed by atoms with E-state index in [0.29, 0.717) is 26.8 Å². The van der Waals surface area contributed by atoms with Gasteiger partial charge < -0.3 is 4.74 Å². The van der Waals surface area contributed by atoms with Gasteiger partial charge in [-0.25, -0.2) is 0 Å². The van der Waals surface area contributed by atoms with E-state index in [0.717, 1.165) is 11.4 Å². The van der Waals surface area contributed by atoms with E-state index in [-0.39, 0.29) is 12.5 Å². The molecule has 0 fully saturated rings. The molecular weight excluding hydrogens is 345 g/mol. The van der Waals surface area contributed by atoms with Crippen molar-refractivity contribution in [3.05, 3.63) is 33.3 Å². The molecule has 5 nitrogen and oxygen atoms in total. The van der Waals surface area contributed by atoms with Crippen LogP contribution in [-0.2, 0) is 11.2 Å². The summed E-state index contributed by atoms with van der Waals surface area (Å²) in [5.41, 5.74) is 0. The summed E-state index contributed by atoms with van der Waals surface area (Å²) in [5, 5.41) is 12.8. The van der Waals surface area contributed by atoms with Crippen LogP contribution in [0.2, 0.25) is 10.0 Å². The summed E-state index contributed by atoms with van der Waals surface area (Å²) in [5.74, 6) is 0.523. The molecule has 1 aromatic heterocycles. The van der Waals surface area contributed by atoms with Gasteiger partial charge in [-0.15, -0.1) is 10.2 Å². The minimum atomic E-state index is -0.330. The summed E-state index contributed by atoms with van der Waals surface area (Å²) in [6.07, 6.45) is 0.835. The maximum absolute atomic E-state index is 11.8. The van der Waals surface area contributed by atoms with Gasteiger partial charge in [0.25, 0.3) is 5.91 Å². The van der Waals surface area contributed by atoms with E-state index in [1.54, 1.807) is 18.2 Å². The normalized spacial score (nSPS) is 10.8. The van der Waals surface area contributed by atoms with Crippen molar-refractivity contribution in [1.82, 2.24) is 10.2 Å². The monoisotopic (exact) mass is 359 g/mol. The number of benzene rings is 1. The Morgan fingerprint density at radius 1 is 1.36 bits per heavy atom. The number of carbonyl (C=O) groups excluding carboxylic acids is 1. The smallest absolute Gasteiger partial charge is 0.264 e. The highest BCUT2D eigenvalue weighted by molar-refractivity contribution is 7.15. The molecule has 1 amide bonds. The predicted molar refractivity (Wildman–Crippen MR) is 89.0 cm³/mol. The third-order valence-corrected chi connectivity index (χ3v) is 3.96. The number of rotatable bonds is 6. The second-order valence-electron chi connectivity index (χ2n) is 5.01. The number of ether oxygens (including phenoxy) is 1. The second kappa shape index (κ2) is 7.76. The summed E-state index contributed by atoms with van der Waals surface area (Å²) in [4.78, 5) is 11.8. The lowest BCUT2D eigenvalue weighted by molar-refractivity contribution is -0.118. The molecule has 0 atom stereocenters. The lowest BCUT2D eigenvalue weighted by Gasteiger charge is -2.07. The van der Waals surface area contributed by atoms with Crippen LogP contribution in [0.15, 0.2) is 18.2 Å². The van der Waals surface area contributed by atoms with E-state index >= 15 is 0 Å². The van der Waals surface area contributed by atoms with Gasteiger partial charge in [0.05, 0.1) is 5.02 Å². The Morgan fingerprint density at radius 3 is 2.86 bits per heavy atom. The fourth-order valence-corrected chi connectivity index (χ4v) is 2.92. The van der Waals surface area contributed by atoms with E-state index in [2.05, 4.69) is 29.4 Å². The first-order chi connectivity index (χ1) is 10.4. The number of hydrogen-bond acceptors (Lipinski definition) is 5. The minimum absolute atomic E-state index is 0.181. The Morgan fingerprint density at radius 2 is 2.14 bits per heavy atom. The molecule has 118 valence electrons.